The van der Waals surface area contributed by atoms with Gasteiger partial charge in [0.2, 0.25) is 5.91 Å². The largest absolute Gasteiger partial charge is 0.351 e. The highest BCUT2D eigenvalue weighted by Gasteiger charge is 2.14. The molecule has 3 rings (SSSR count). The third-order valence-corrected chi connectivity index (χ3v) is 4.40. The summed E-state index contributed by atoms with van der Waals surface area (Å²) in [5.41, 5.74) is 4.35. The van der Waals surface area contributed by atoms with E-state index >= 15 is 0 Å². The predicted octanol–water partition coefficient (Wildman–Crippen LogP) is 2.75. The van der Waals surface area contributed by atoms with Crippen molar-refractivity contribution in [1.29, 1.82) is 5.26 Å². The smallest absolute Gasteiger partial charge is 0.244 e. The van der Waals surface area contributed by atoms with Gasteiger partial charge in [-0.15, -0.1) is 0 Å². The number of hydrogen-bond donors (Lipinski definition) is 1. The first kappa shape index (κ1) is 16.9. The second-order valence-corrected chi connectivity index (χ2v) is 6.15. The van der Waals surface area contributed by atoms with Gasteiger partial charge >= 0.3 is 0 Å². The van der Waals surface area contributed by atoms with Crippen LogP contribution in [0.15, 0.2) is 54.6 Å². The molecule has 0 saturated carbocycles. The molecule has 0 radical (unpaired) electrons. The van der Waals surface area contributed by atoms with Gasteiger partial charge in [-0.2, -0.15) is 5.26 Å². The fraction of sp³-hybridized carbons (Fsp3) is 0.238. The minimum absolute atomic E-state index is 0.0956. The first-order valence-corrected chi connectivity index (χ1v) is 8.50. The number of rotatable bonds is 5. The van der Waals surface area contributed by atoms with Gasteiger partial charge < -0.3 is 5.32 Å². The first-order chi connectivity index (χ1) is 12.2. The topological polar surface area (TPSA) is 56.1 Å². The van der Waals surface area contributed by atoms with E-state index in [1.165, 1.54) is 17.2 Å². The summed E-state index contributed by atoms with van der Waals surface area (Å²) in [5, 5.41) is 11.7. The van der Waals surface area contributed by atoms with Gasteiger partial charge in [-0.25, -0.2) is 0 Å². The van der Waals surface area contributed by atoms with Crippen LogP contribution in [0.3, 0.4) is 0 Å². The van der Waals surface area contributed by atoms with Crippen LogP contribution in [0, 0.1) is 11.3 Å². The molecule has 2 aromatic carbocycles. The lowest BCUT2D eigenvalue weighted by molar-refractivity contribution is -0.116. The van der Waals surface area contributed by atoms with Crippen molar-refractivity contribution in [2.24, 2.45) is 0 Å². The van der Waals surface area contributed by atoms with Gasteiger partial charge in [-0.05, 0) is 41.3 Å². The lowest BCUT2D eigenvalue weighted by Gasteiger charge is -2.28. The van der Waals surface area contributed by atoms with Gasteiger partial charge in [-0.1, -0.05) is 36.4 Å². The van der Waals surface area contributed by atoms with E-state index in [1.54, 1.807) is 18.2 Å². The van der Waals surface area contributed by atoms with Gasteiger partial charge in [0.05, 0.1) is 11.6 Å². The molecule has 1 aliphatic heterocycles. The van der Waals surface area contributed by atoms with E-state index in [4.69, 9.17) is 5.26 Å². The average molecular weight is 331 g/mol. The zero-order chi connectivity index (χ0) is 17.5. The van der Waals surface area contributed by atoms with Gasteiger partial charge in [0.25, 0.3) is 0 Å². The van der Waals surface area contributed by atoms with Crippen LogP contribution in [-0.2, 0) is 17.8 Å². The number of hydrogen-bond acceptors (Lipinski definition) is 3. The Balaban J connectivity index is 1.42. The molecule has 126 valence electrons. The van der Waals surface area contributed by atoms with Gasteiger partial charge in [0.1, 0.15) is 0 Å². The van der Waals surface area contributed by atoms with E-state index in [0.29, 0.717) is 12.1 Å². The van der Waals surface area contributed by atoms with Crippen LogP contribution in [0.2, 0.25) is 0 Å². The summed E-state index contributed by atoms with van der Waals surface area (Å²) in [5.74, 6) is -0.0956. The molecular formula is C21H21N3O. The number of nitrogens with zero attached hydrogens (tertiary/aromatic N) is 2. The molecule has 4 nitrogen and oxygen atoms in total. The molecule has 1 heterocycles. The number of benzene rings is 2. The summed E-state index contributed by atoms with van der Waals surface area (Å²) < 4.78 is 0. The van der Waals surface area contributed by atoms with Crippen LogP contribution in [0.25, 0.3) is 6.08 Å². The Hall–Kier alpha value is -2.90. The van der Waals surface area contributed by atoms with Crippen LogP contribution >= 0.6 is 0 Å². The maximum absolute atomic E-state index is 11.9. The third kappa shape index (κ3) is 4.79. The number of carbonyl (C=O) groups is 1. The molecule has 0 aliphatic carbocycles. The molecule has 0 aromatic heterocycles. The van der Waals surface area contributed by atoms with E-state index < -0.39 is 0 Å². The van der Waals surface area contributed by atoms with Crippen molar-refractivity contribution in [1.82, 2.24) is 10.2 Å². The Labute approximate surface area is 148 Å². The maximum Gasteiger partial charge on any atom is 0.244 e. The zero-order valence-corrected chi connectivity index (χ0v) is 14.1. The minimum atomic E-state index is -0.0956. The Kier molecular flexibility index (Phi) is 5.61. The van der Waals surface area contributed by atoms with Crippen LogP contribution < -0.4 is 5.32 Å². The molecule has 1 N–H and O–H groups in total. The van der Waals surface area contributed by atoms with Crippen LogP contribution in [-0.4, -0.2) is 30.4 Å². The summed E-state index contributed by atoms with van der Waals surface area (Å²) in [4.78, 5) is 14.3. The van der Waals surface area contributed by atoms with E-state index in [1.807, 2.05) is 12.1 Å². The lowest BCUT2D eigenvalue weighted by Crippen LogP contribution is -2.37. The Morgan fingerprint density at radius 3 is 2.68 bits per heavy atom. The third-order valence-electron chi connectivity index (χ3n) is 4.40. The summed E-state index contributed by atoms with van der Waals surface area (Å²) >= 11 is 0. The average Bonchev–Trinajstić information content (AvgIpc) is 2.66. The Morgan fingerprint density at radius 1 is 1.16 bits per heavy atom. The van der Waals surface area contributed by atoms with E-state index in [0.717, 1.165) is 31.6 Å². The monoisotopic (exact) mass is 331 g/mol. The second-order valence-electron chi connectivity index (χ2n) is 6.15. The normalized spacial score (nSPS) is 14.0. The van der Waals surface area contributed by atoms with Crippen molar-refractivity contribution in [3.05, 3.63) is 76.9 Å². The highest BCUT2D eigenvalue weighted by atomic mass is 16.1. The number of nitrogens with one attached hydrogen (secondary N) is 1. The van der Waals surface area contributed by atoms with Gasteiger partial charge in [-0.3, -0.25) is 9.69 Å². The first-order valence-electron chi connectivity index (χ1n) is 8.50. The van der Waals surface area contributed by atoms with E-state index in [-0.39, 0.29) is 5.91 Å². The van der Waals surface area contributed by atoms with Crippen molar-refractivity contribution in [2.75, 3.05) is 19.6 Å². The summed E-state index contributed by atoms with van der Waals surface area (Å²) in [6.45, 7) is 3.48. The SMILES string of the molecule is N#Cc1ccc(/C=C/C(=O)NCCN2CCc3ccccc3C2)cc1. The number of carbonyl (C=O) groups excluding carboxylic acids is 1. The zero-order valence-electron chi connectivity index (χ0n) is 14.1. The van der Waals surface area contributed by atoms with Gasteiger partial charge in [0.15, 0.2) is 0 Å². The molecule has 0 fully saturated rings. The Morgan fingerprint density at radius 2 is 1.92 bits per heavy atom. The van der Waals surface area contributed by atoms with Crippen LogP contribution in [0.5, 0.6) is 0 Å². The molecule has 0 atom stereocenters. The molecule has 2 aromatic rings. The van der Waals surface area contributed by atoms with Gasteiger partial charge in [0, 0.05) is 32.3 Å². The molecule has 25 heavy (non-hydrogen) atoms. The van der Waals surface area contributed by atoms with Crippen LogP contribution in [0.4, 0.5) is 0 Å². The molecule has 0 spiro atoms. The molecule has 0 bridgehead atoms. The summed E-state index contributed by atoms with van der Waals surface area (Å²) in [6, 6.07) is 17.8. The number of fused-ring (bicyclic) bond motifs is 1. The van der Waals surface area contributed by atoms with Crippen molar-refractivity contribution < 1.29 is 4.79 Å². The molecule has 4 heteroatoms. The lowest BCUT2D eigenvalue weighted by atomic mass is 10.00. The second kappa shape index (κ2) is 8.27. The predicted molar refractivity (Wildman–Crippen MR) is 98.6 cm³/mol. The molecule has 0 saturated heterocycles. The van der Waals surface area contributed by atoms with E-state index in [2.05, 4.69) is 40.6 Å². The Bertz CT molecular complexity index is 803. The van der Waals surface area contributed by atoms with E-state index in [9.17, 15) is 4.79 Å². The van der Waals surface area contributed by atoms with Crippen molar-refractivity contribution >= 4 is 12.0 Å². The fourth-order valence-corrected chi connectivity index (χ4v) is 2.98. The standard InChI is InChI=1S/C21H21N3O/c22-15-18-7-5-17(6-8-18)9-10-21(25)23-12-14-24-13-11-19-3-1-2-4-20(19)16-24/h1-10H,11-14,16H2,(H,23,25)/b10-9+. The molecular weight excluding hydrogens is 310 g/mol. The van der Waals surface area contributed by atoms with Crippen molar-refractivity contribution in [3.8, 4) is 6.07 Å². The highest BCUT2D eigenvalue weighted by Crippen LogP contribution is 2.17. The number of nitriles is 1. The molecule has 1 amide bonds. The minimum Gasteiger partial charge on any atom is -0.351 e. The van der Waals surface area contributed by atoms with Crippen LogP contribution in [0.1, 0.15) is 22.3 Å². The number of amides is 1. The summed E-state index contributed by atoms with van der Waals surface area (Å²) in [7, 11) is 0. The quantitative estimate of drug-likeness (QED) is 0.857. The van der Waals surface area contributed by atoms with Crippen molar-refractivity contribution in [3.63, 3.8) is 0 Å². The molecule has 1 aliphatic rings. The fourth-order valence-electron chi connectivity index (χ4n) is 2.98. The summed E-state index contributed by atoms with van der Waals surface area (Å²) in [6.07, 6.45) is 4.36. The van der Waals surface area contributed by atoms with Crippen molar-refractivity contribution in [2.45, 2.75) is 13.0 Å². The highest BCUT2D eigenvalue weighted by molar-refractivity contribution is 5.91. The maximum atomic E-state index is 11.9. The molecule has 0 unspecified atom stereocenters.